The molecule has 4 rings (SSSR count). The van der Waals surface area contributed by atoms with Gasteiger partial charge in [0.05, 0.1) is 30.3 Å². The van der Waals surface area contributed by atoms with Crippen LogP contribution in [0.4, 0.5) is 11.5 Å². The molecule has 0 unspecified atom stereocenters. The van der Waals surface area contributed by atoms with E-state index in [-0.39, 0.29) is 24.2 Å². The Morgan fingerprint density at radius 3 is 2.65 bits per heavy atom. The molecule has 1 saturated heterocycles. The molecule has 1 aliphatic heterocycles. The van der Waals surface area contributed by atoms with E-state index in [0.29, 0.717) is 12.4 Å². The van der Waals surface area contributed by atoms with Crippen molar-refractivity contribution >= 4 is 46.5 Å². The molecule has 4 N–H and O–H groups in total. The van der Waals surface area contributed by atoms with E-state index >= 15 is 0 Å². The molecule has 0 radical (unpaired) electrons. The number of nitrogens with two attached hydrogens (primary N) is 1. The van der Waals surface area contributed by atoms with Crippen LogP contribution in [0.5, 0.6) is 0 Å². The molecule has 0 bridgehead atoms. The topological polar surface area (TPSA) is 123 Å². The average Bonchev–Trinajstić information content (AvgIpc) is 3.22. The fourth-order valence-electron chi connectivity index (χ4n) is 3.99. The van der Waals surface area contributed by atoms with Crippen LogP contribution in [0.25, 0.3) is 16.7 Å². The van der Waals surface area contributed by atoms with Crippen LogP contribution in [0.15, 0.2) is 18.2 Å². The Morgan fingerprint density at radius 2 is 1.91 bits per heavy atom. The Hall–Kier alpha value is -2.69. The van der Waals surface area contributed by atoms with Gasteiger partial charge in [0.1, 0.15) is 5.82 Å². The lowest BCUT2D eigenvalue weighted by molar-refractivity contribution is -0.123. The van der Waals surface area contributed by atoms with Crippen LogP contribution in [-0.4, -0.2) is 70.9 Å². The third kappa shape index (κ3) is 5.68. The molecule has 1 fully saturated rings. The fraction of sp³-hybridized carbons (Fsp3) is 0.565. The van der Waals surface area contributed by atoms with Gasteiger partial charge in [-0.3, -0.25) is 9.20 Å². The second kappa shape index (κ2) is 11.6. The molecule has 1 aromatic carbocycles. The second-order valence-electron chi connectivity index (χ2n) is 8.83. The summed E-state index contributed by atoms with van der Waals surface area (Å²) in [4.78, 5) is 19.2. The molecule has 2 aromatic heterocycles. The smallest absolute Gasteiger partial charge is 0.237 e. The molecule has 0 saturated carbocycles. The van der Waals surface area contributed by atoms with E-state index in [1.54, 1.807) is 0 Å². The van der Waals surface area contributed by atoms with Crippen molar-refractivity contribution in [1.29, 1.82) is 0 Å². The van der Waals surface area contributed by atoms with Crippen molar-refractivity contribution in [2.45, 2.75) is 39.7 Å². The van der Waals surface area contributed by atoms with E-state index in [2.05, 4.69) is 43.9 Å². The molecule has 0 aliphatic carbocycles. The van der Waals surface area contributed by atoms with Gasteiger partial charge in [-0.1, -0.05) is 13.8 Å². The van der Waals surface area contributed by atoms with E-state index in [1.807, 2.05) is 25.2 Å². The summed E-state index contributed by atoms with van der Waals surface area (Å²) in [5.41, 5.74) is 9.62. The molecule has 11 heteroatoms. The summed E-state index contributed by atoms with van der Waals surface area (Å²) in [6.45, 7) is 10.4. The maximum Gasteiger partial charge on any atom is 0.237 e. The van der Waals surface area contributed by atoms with Crippen molar-refractivity contribution in [3.05, 3.63) is 24.0 Å². The van der Waals surface area contributed by atoms with E-state index in [9.17, 15) is 4.79 Å². The number of fused-ring (bicyclic) bond motifs is 3. The summed E-state index contributed by atoms with van der Waals surface area (Å²) in [7, 11) is 0. The van der Waals surface area contributed by atoms with Crippen LogP contribution < -0.4 is 21.3 Å². The van der Waals surface area contributed by atoms with Gasteiger partial charge in [-0.15, -0.1) is 22.6 Å². The van der Waals surface area contributed by atoms with Gasteiger partial charge in [0.15, 0.2) is 5.82 Å². The van der Waals surface area contributed by atoms with Crippen molar-refractivity contribution < 1.29 is 9.53 Å². The average molecular weight is 491 g/mol. The number of anilines is 2. The van der Waals surface area contributed by atoms with Crippen LogP contribution in [0.1, 0.15) is 32.5 Å². The number of morpholine rings is 1. The zero-order valence-corrected chi connectivity index (χ0v) is 20.9. The highest BCUT2D eigenvalue weighted by atomic mass is 35.5. The predicted octanol–water partition coefficient (Wildman–Crippen LogP) is 2.14. The number of amides is 1. The lowest BCUT2D eigenvalue weighted by Crippen LogP contribution is -2.44. The maximum absolute atomic E-state index is 12.0. The summed E-state index contributed by atoms with van der Waals surface area (Å²) in [5, 5.41) is 14.9. The standard InChI is InChI=1S/C23H34N8O2.ClH/c1-15(2)20(24)23(32)26-9-5-4-8-25-21-22-29-28-16(3)31(22)19-7-6-17(14-18(19)27-21)30-10-12-33-13-11-30;/h6-7,14-15,20H,4-5,8-13,24H2,1-3H3,(H,25,27)(H,26,32);1H/t20-;/m0./s1. The summed E-state index contributed by atoms with van der Waals surface area (Å²) in [5.74, 6) is 1.58. The maximum atomic E-state index is 12.0. The van der Waals surface area contributed by atoms with E-state index in [0.717, 1.165) is 73.9 Å². The van der Waals surface area contributed by atoms with Gasteiger partial charge in [0.2, 0.25) is 11.6 Å². The zero-order valence-electron chi connectivity index (χ0n) is 20.1. The fourth-order valence-corrected chi connectivity index (χ4v) is 3.99. The van der Waals surface area contributed by atoms with Crippen LogP contribution in [0, 0.1) is 12.8 Å². The third-order valence-corrected chi connectivity index (χ3v) is 6.06. The van der Waals surface area contributed by atoms with Gasteiger partial charge in [-0.05, 0) is 43.9 Å². The number of halogens is 1. The minimum atomic E-state index is -0.461. The summed E-state index contributed by atoms with van der Waals surface area (Å²) < 4.78 is 7.52. The number of hydrogen-bond acceptors (Lipinski definition) is 8. The number of aromatic nitrogens is 4. The van der Waals surface area contributed by atoms with Crippen molar-refractivity contribution in [1.82, 2.24) is 24.9 Å². The van der Waals surface area contributed by atoms with Crippen LogP contribution in [0.2, 0.25) is 0 Å². The molecular weight excluding hydrogens is 456 g/mol. The lowest BCUT2D eigenvalue weighted by Gasteiger charge is -2.29. The van der Waals surface area contributed by atoms with E-state index < -0.39 is 6.04 Å². The Kier molecular flexibility index (Phi) is 8.87. The zero-order chi connectivity index (χ0) is 23.4. The Morgan fingerprint density at radius 1 is 1.18 bits per heavy atom. The normalized spacial score (nSPS) is 14.9. The van der Waals surface area contributed by atoms with Gasteiger partial charge < -0.3 is 26.0 Å². The quantitative estimate of drug-likeness (QED) is 0.390. The number of ether oxygens (including phenoxy) is 1. The first kappa shape index (κ1) is 25.9. The second-order valence-corrected chi connectivity index (χ2v) is 8.83. The molecule has 3 heterocycles. The van der Waals surface area contributed by atoms with Gasteiger partial charge in [0.25, 0.3) is 0 Å². The first-order valence-electron chi connectivity index (χ1n) is 11.7. The highest BCUT2D eigenvalue weighted by Gasteiger charge is 2.17. The highest BCUT2D eigenvalue weighted by Crippen LogP contribution is 2.26. The number of aryl methyl sites for hydroxylation is 1. The third-order valence-electron chi connectivity index (χ3n) is 6.06. The molecular formula is C23H35ClN8O2. The molecule has 3 aromatic rings. The summed E-state index contributed by atoms with van der Waals surface area (Å²) >= 11 is 0. The van der Waals surface area contributed by atoms with Crippen LogP contribution >= 0.6 is 12.4 Å². The SMILES string of the molecule is Cc1nnc2c(NCCCCNC(=O)[C@@H](N)C(C)C)nc3cc(N4CCOCC4)ccc3n12.Cl. The molecule has 34 heavy (non-hydrogen) atoms. The number of nitrogens with zero attached hydrogens (tertiary/aromatic N) is 5. The first-order chi connectivity index (χ1) is 16.0. The van der Waals surface area contributed by atoms with Crippen LogP contribution in [-0.2, 0) is 9.53 Å². The number of benzene rings is 1. The van der Waals surface area contributed by atoms with Gasteiger partial charge in [0, 0.05) is 31.9 Å². The van der Waals surface area contributed by atoms with Crippen molar-refractivity contribution in [2.24, 2.45) is 11.7 Å². The van der Waals surface area contributed by atoms with Gasteiger partial charge in [-0.25, -0.2) is 4.98 Å². The molecule has 1 aliphatic rings. The summed E-state index contributed by atoms with van der Waals surface area (Å²) in [6, 6.07) is 5.88. The number of carbonyl (C=O) groups is 1. The first-order valence-corrected chi connectivity index (χ1v) is 11.7. The number of rotatable bonds is 9. The highest BCUT2D eigenvalue weighted by molar-refractivity contribution is 5.86. The molecule has 1 amide bonds. The number of carbonyl (C=O) groups excluding carboxylic acids is 1. The lowest BCUT2D eigenvalue weighted by atomic mass is 10.1. The molecule has 0 spiro atoms. The monoisotopic (exact) mass is 490 g/mol. The molecule has 186 valence electrons. The Bertz CT molecular complexity index is 1110. The summed E-state index contributed by atoms with van der Waals surface area (Å²) in [6.07, 6.45) is 1.73. The minimum absolute atomic E-state index is 0. The number of hydrogen-bond donors (Lipinski definition) is 3. The number of nitrogens with one attached hydrogen (secondary N) is 2. The van der Waals surface area contributed by atoms with E-state index in [1.165, 1.54) is 0 Å². The largest absolute Gasteiger partial charge is 0.378 e. The van der Waals surface area contributed by atoms with Gasteiger partial charge in [-0.2, -0.15) is 0 Å². The molecule has 10 nitrogen and oxygen atoms in total. The minimum Gasteiger partial charge on any atom is -0.378 e. The van der Waals surface area contributed by atoms with Crippen molar-refractivity contribution in [2.75, 3.05) is 49.6 Å². The van der Waals surface area contributed by atoms with Crippen molar-refractivity contribution in [3.63, 3.8) is 0 Å². The van der Waals surface area contributed by atoms with Gasteiger partial charge >= 0.3 is 0 Å². The van der Waals surface area contributed by atoms with Crippen molar-refractivity contribution in [3.8, 4) is 0 Å². The van der Waals surface area contributed by atoms with Crippen LogP contribution in [0.3, 0.4) is 0 Å². The molecule has 1 atom stereocenters. The number of unbranched alkanes of at least 4 members (excludes halogenated alkanes) is 1. The van der Waals surface area contributed by atoms with E-state index in [4.69, 9.17) is 15.5 Å². The Labute approximate surface area is 206 Å². The Balaban J connectivity index is 0.00000324. The predicted molar refractivity (Wildman–Crippen MR) is 137 cm³/mol.